The van der Waals surface area contributed by atoms with Gasteiger partial charge in [0.05, 0.1) is 10.6 Å². The maximum absolute atomic E-state index is 12.1. The van der Waals surface area contributed by atoms with Crippen molar-refractivity contribution in [1.29, 1.82) is 0 Å². The highest BCUT2D eigenvalue weighted by Gasteiger charge is 2.11. The van der Waals surface area contributed by atoms with Gasteiger partial charge in [-0.2, -0.15) is 0 Å². The topological polar surface area (TPSA) is 29.1 Å². The molecule has 1 amide bonds. The fourth-order valence-electron chi connectivity index (χ4n) is 1.55. The van der Waals surface area contributed by atoms with Gasteiger partial charge in [0.15, 0.2) is 0 Å². The molecule has 0 aliphatic carbocycles. The van der Waals surface area contributed by atoms with Crippen LogP contribution in [0.15, 0.2) is 48.5 Å². The number of amides is 1. The molecule has 0 saturated heterocycles. The van der Waals surface area contributed by atoms with Gasteiger partial charge in [0.1, 0.15) is 0 Å². The van der Waals surface area contributed by atoms with Gasteiger partial charge in [-0.25, -0.2) is 0 Å². The number of rotatable bonds is 3. The Morgan fingerprint density at radius 3 is 2.56 bits per heavy atom. The Hall–Kier alpha value is -1.32. The van der Waals surface area contributed by atoms with Crippen molar-refractivity contribution < 1.29 is 4.79 Å². The average molecular weight is 325 g/mol. The summed E-state index contributed by atoms with van der Waals surface area (Å²) in [6.07, 6.45) is 0. The molecule has 0 aliphatic rings. The summed E-state index contributed by atoms with van der Waals surface area (Å²) in [6, 6.07) is 14.7. The number of carbonyl (C=O) groups is 1. The highest BCUT2D eigenvalue weighted by Crippen LogP contribution is 2.20. The fraction of sp³-hybridized carbons (Fsp3) is 0.0714. The summed E-state index contributed by atoms with van der Waals surface area (Å²) < 4.78 is 0. The molecule has 2 rings (SSSR count). The highest BCUT2D eigenvalue weighted by atomic mass is 79.9. The lowest BCUT2D eigenvalue weighted by molar-refractivity contribution is 0.102. The van der Waals surface area contributed by atoms with E-state index in [1.165, 1.54) is 0 Å². The Bertz CT molecular complexity index is 557. The van der Waals surface area contributed by atoms with Crippen molar-refractivity contribution in [3.05, 3.63) is 64.7 Å². The van der Waals surface area contributed by atoms with Crippen molar-refractivity contribution in [2.24, 2.45) is 0 Å². The molecule has 18 heavy (non-hydrogen) atoms. The van der Waals surface area contributed by atoms with Crippen molar-refractivity contribution >= 4 is 39.1 Å². The van der Waals surface area contributed by atoms with Crippen LogP contribution in [0.5, 0.6) is 0 Å². The Morgan fingerprint density at radius 1 is 1.17 bits per heavy atom. The number of para-hydroxylation sites is 1. The molecule has 2 nitrogen and oxygen atoms in total. The van der Waals surface area contributed by atoms with E-state index in [-0.39, 0.29) is 5.91 Å². The van der Waals surface area contributed by atoms with E-state index in [4.69, 9.17) is 11.6 Å². The molecular weight excluding hydrogens is 314 g/mol. The molecular formula is C14H11BrClNO. The molecule has 0 aromatic heterocycles. The van der Waals surface area contributed by atoms with Gasteiger partial charge in [-0.05, 0) is 29.8 Å². The maximum atomic E-state index is 12.1. The maximum Gasteiger partial charge on any atom is 0.257 e. The van der Waals surface area contributed by atoms with E-state index in [1.807, 2.05) is 36.4 Å². The van der Waals surface area contributed by atoms with E-state index in [9.17, 15) is 4.79 Å². The number of halogens is 2. The lowest BCUT2D eigenvalue weighted by Crippen LogP contribution is -2.12. The van der Waals surface area contributed by atoms with Crippen molar-refractivity contribution in [3.63, 3.8) is 0 Å². The van der Waals surface area contributed by atoms with Gasteiger partial charge in [-0.15, -0.1) is 0 Å². The quantitative estimate of drug-likeness (QED) is 0.828. The third-order valence-corrected chi connectivity index (χ3v) is 3.44. The van der Waals surface area contributed by atoms with E-state index < -0.39 is 0 Å². The molecule has 0 spiro atoms. The van der Waals surface area contributed by atoms with E-state index in [0.29, 0.717) is 15.9 Å². The van der Waals surface area contributed by atoms with Crippen LogP contribution in [0.3, 0.4) is 0 Å². The minimum atomic E-state index is -0.200. The second-order valence-corrected chi connectivity index (χ2v) is 4.74. The fourth-order valence-corrected chi connectivity index (χ4v) is 2.10. The van der Waals surface area contributed by atoms with Gasteiger partial charge < -0.3 is 5.32 Å². The molecule has 0 radical (unpaired) electrons. The first-order valence-corrected chi connectivity index (χ1v) is 6.91. The van der Waals surface area contributed by atoms with Gasteiger partial charge in [0.2, 0.25) is 0 Å². The minimum absolute atomic E-state index is 0.200. The molecule has 0 bridgehead atoms. The highest BCUT2D eigenvalue weighted by molar-refractivity contribution is 9.08. The first-order valence-electron chi connectivity index (χ1n) is 5.41. The zero-order chi connectivity index (χ0) is 13.0. The van der Waals surface area contributed by atoms with Gasteiger partial charge in [-0.1, -0.05) is 51.8 Å². The Balaban J connectivity index is 2.23. The monoisotopic (exact) mass is 323 g/mol. The Kier molecular flexibility index (Phi) is 4.39. The molecule has 2 aromatic carbocycles. The van der Waals surface area contributed by atoms with Crippen LogP contribution in [0.25, 0.3) is 0 Å². The van der Waals surface area contributed by atoms with Crippen LogP contribution in [0, 0.1) is 0 Å². The van der Waals surface area contributed by atoms with Gasteiger partial charge in [0.25, 0.3) is 5.91 Å². The predicted octanol–water partition coefficient (Wildman–Crippen LogP) is 4.49. The number of alkyl halides is 1. The summed E-state index contributed by atoms with van der Waals surface area (Å²) in [4.78, 5) is 12.1. The molecule has 0 heterocycles. The SMILES string of the molecule is O=C(Nc1ccccc1)c1cc(CBr)ccc1Cl. The van der Waals surface area contributed by atoms with Crippen LogP contribution in [0.2, 0.25) is 5.02 Å². The normalized spacial score (nSPS) is 10.1. The summed E-state index contributed by atoms with van der Waals surface area (Å²) in [5, 5.41) is 3.95. The molecule has 0 atom stereocenters. The van der Waals surface area contributed by atoms with Gasteiger partial charge in [0, 0.05) is 11.0 Å². The molecule has 0 fully saturated rings. The standard InChI is InChI=1S/C14H11BrClNO/c15-9-10-6-7-13(16)12(8-10)14(18)17-11-4-2-1-3-5-11/h1-8H,9H2,(H,17,18). The summed E-state index contributed by atoms with van der Waals surface area (Å²) in [7, 11) is 0. The molecule has 2 aromatic rings. The Labute approximate surface area is 119 Å². The predicted molar refractivity (Wildman–Crippen MR) is 78.5 cm³/mol. The lowest BCUT2D eigenvalue weighted by atomic mass is 10.1. The van der Waals surface area contributed by atoms with Gasteiger partial charge in [-0.3, -0.25) is 4.79 Å². The number of hydrogen-bond acceptors (Lipinski definition) is 1. The number of nitrogens with one attached hydrogen (secondary N) is 1. The summed E-state index contributed by atoms with van der Waals surface area (Å²) >= 11 is 9.40. The zero-order valence-electron chi connectivity index (χ0n) is 9.49. The minimum Gasteiger partial charge on any atom is -0.322 e. The summed E-state index contributed by atoms with van der Waals surface area (Å²) in [5.41, 5.74) is 2.25. The van der Waals surface area contributed by atoms with Crippen LogP contribution >= 0.6 is 27.5 Å². The molecule has 0 saturated carbocycles. The smallest absolute Gasteiger partial charge is 0.257 e. The van der Waals surface area contributed by atoms with Crippen LogP contribution in [-0.2, 0) is 5.33 Å². The summed E-state index contributed by atoms with van der Waals surface area (Å²) in [5.74, 6) is -0.200. The van der Waals surface area contributed by atoms with E-state index in [1.54, 1.807) is 12.1 Å². The first-order chi connectivity index (χ1) is 8.70. The first kappa shape index (κ1) is 13.1. The number of hydrogen-bond donors (Lipinski definition) is 1. The third kappa shape index (κ3) is 3.12. The average Bonchev–Trinajstić information content (AvgIpc) is 2.40. The number of carbonyl (C=O) groups excluding carboxylic acids is 1. The largest absolute Gasteiger partial charge is 0.322 e. The van der Waals surface area contributed by atoms with Crippen LogP contribution in [0.1, 0.15) is 15.9 Å². The van der Waals surface area contributed by atoms with Crippen molar-refractivity contribution in [2.45, 2.75) is 5.33 Å². The van der Waals surface area contributed by atoms with E-state index >= 15 is 0 Å². The summed E-state index contributed by atoms with van der Waals surface area (Å²) in [6.45, 7) is 0. The number of anilines is 1. The third-order valence-electron chi connectivity index (χ3n) is 2.46. The van der Waals surface area contributed by atoms with Gasteiger partial charge >= 0.3 is 0 Å². The zero-order valence-corrected chi connectivity index (χ0v) is 11.8. The molecule has 0 aliphatic heterocycles. The van der Waals surface area contributed by atoms with Crippen molar-refractivity contribution in [3.8, 4) is 0 Å². The van der Waals surface area contributed by atoms with Crippen molar-refractivity contribution in [2.75, 3.05) is 5.32 Å². The lowest BCUT2D eigenvalue weighted by Gasteiger charge is -2.07. The molecule has 4 heteroatoms. The van der Waals surface area contributed by atoms with Crippen LogP contribution in [0.4, 0.5) is 5.69 Å². The van der Waals surface area contributed by atoms with Crippen LogP contribution < -0.4 is 5.32 Å². The second-order valence-electron chi connectivity index (χ2n) is 3.77. The van der Waals surface area contributed by atoms with E-state index in [0.717, 1.165) is 11.3 Å². The molecule has 0 unspecified atom stereocenters. The van der Waals surface area contributed by atoms with E-state index in [2.05, 4.69) is 21.2 Å². The molecule has 92 valence electrons. The number of benzene rings is 2. The second kappa shape index (κ2) is 6.03. The molecule has 1 N–H and O–H groups in total. The Morgan fingerprint density at radius 2 is 1.89 bits per heavy atom. The van der Waals surface area contributed by atoms with Crippen molar-refractivity contribution in [1.82, 2.24) is 0 Å². The van der Waals surface area contributed by atoms with Crippen LogP contribution in [-0.4, -0.2) is 5.91 Å².